The minimum atomic E-state index is -0.815. The van der Waals surface area contributed by atoms with Crippen molar-refractivity contribution in [2.75, 3.05) is 6.54 Å². The first-order chi connectivity index (χ1) is 9.52. The number of carboxylic acid groups (broad SMARTS) is 1. The Morgan fingerprint density at radius 3 is 2.80 bits per heavy atom. The molecule has 0 fully saturated rings. The molecule has 0 radical (unpaired) electrons. The molecule has 1 aromatic rings. The number of hydrogen-bond donors (Lipinski definition) is 3. The number of rotatable bonds is 8. The van der Waals surface area contributed by atoms with Crippen molar-refractivity contribution in [2.45, 2.75) is 39.7 Å². The number of nitrogens with zero attached hydrogens (tertiary/aromatic N) is 1. The van der Waals surface area contributed by atoms with Crippen molar-refractivity contribution >= 4 is 12.0 Å². The number of urea groups is 1. The molecule has 7 heteroatoms. The second-order valence-corrected chi connectivity index (χ2v) is 4.56. The Morgan fingerprint density at radius 2 is 2.20 bits per heavy atom. The molecule has 1 unspecified atom stereocenters. The third-order valence-electron chi connectivity index (χ3n) is 2.87. The van der Waals surface area contributed by atoms with Gasteiger partial charge in [0.25, 0.3) is 0 Å². The van der Waals surface area contributed by atoms with E-state index in [4.69, 9.17) is 9.52 Å². The third-order valence-corrected chi connectivity index (χ3v) is 2.87. The van der Waals surface area contributed by atoms with Gasteiger partial charge in [-0.15, -0.1) is 0 Å². The van der Waals surface area contributed by atoms with Crippen molar-refractivity contribution in [1.82, 2.24) is 15.6 Å². The Labute approximate surface area is 117 Å². The first-order valence-electron chi connectivity index (χ1n) is 6.71. The van der Waals surface area contributed by atoms with E-state index in [1.807, 2.05) is 6.92 Å². The maximum Gasteiger partial charge on any atom is 0.315 e. The minimum Gasteiger partial charge on any atom is -0.481 e. The van der Waals surface area contributed by atoms with Gasteiger partial charge in [-0.2, -0.15) is 0 Å². The Hall–Kier alpha value is -2.05. The van der Waals surface area contributed by atoms with E-state index >= 15 is 0 Å². The van der Waals surface area contributed by atoms with E-state index in [1.54, 1.807) is 13.1 Å². The van der Waals surface area contributed by atoms with Gasteiger partial charge < -0.3 is 20.2 Å². The standard InChI is InChI=1S/C13H21N3O4/c1-3-10-7-15-11(20-10)8-16-13(19)14-6-4-5-9(2)12(17)18/h7,9H,3-6,8H2,1-2H3,(H,17,18)(H2,14,16,19). The molecule has 0 aliphatic heterocycles. The van der Waals surface area contributed by atoms with Crippen LogP contribution in [-0.2, 0) is 17.8 Å². The third kappa shape index (κ3) is 5.73. The van der Waals surface area contributed by atoms with Crippen LogP contribution in [0.1, 0.15) is 38.3 Å². The van der Waals surface area contributed by atoms with Crippen molar-refractivity contribution in [1.29, 1.82) is 0 Å². The monoisotopic (exact) mass is 283 g/mol. The number of aryl methyl sites for hydroxylation is 1. The van der Waals surface area contributed by atoms with E-state index < -0.39 is 5.97 Å². The zero-order valence-corrected chi connectivity index (χ0v) is 11.8. The number of aliphatic carboxylic acids is 1. The van der Waals surface area contributed by atoms with Crippen LogP contribution in [0.25, 0.3) is 0 Å². The summed E-state index contributed by atoms with van der Waals surface area (Å²) in [5.41, 5.74) is 0. The number of carbonyl (C=O) groups excluding carboxylic acids is 1. The van der Waals surface area contributed by atoms with Crippen LogP contribution in [0.15, 0.2) is 10.6 Å². The number of oxazole rings is 1. The smallest absolute Gasteiger partial charge is 0.315 e. The molecular formula is C13H21N3O4. The van der Waals surface area contributed by atoms with Gasteiger partial charge in [0, 0.05) is 13.0 Å². The number of carbonyl (C=O) groups is 2. The average molecular weight is 283 g/mol. The molecule has 1 rings (SSSR count). The number of hydrogen-bond acceptors (Lipinski definition) is 4. The molecule has 0 aromatic carbocycles. The fraction of sp³-hybridized carbons (Fsp3) is 0.615. The lowest BCUT2D eigenvalue weighted by Gasteiger charge is -2.08. The van der Waals surface area contributed by atoms with Gasteiger partial charge in [0.2, 0.25) is 5.89 Å². The highest BCUT2D eigenvalue weighted by Crippen LogP contribution is 2.04. The van der Waals surface area contributed by atoms with E-state index in [9.17, 15) is 9.59 Å². The van der Waals surface area contributed by atoms with Gasteiger partial charge in [0.05, 0.1) is 18.7 Å². The largest absolute Gasteiger partial charge is 0.481 e. The quantitative estimate of drug-likeness (QED) is 0.628. The van der Waals surface area contributed by atoms with Crippen LogP contribution in [0.4, 0.5) is 4.79 Å². The van der Waals surface area contributed by atoms with Gasteiger partial charge in [0.15, 0.2) is 0 Å². The molecule has 0 saturated heterocycles. The summed E-state index contributed by atoms with van der Waals surface area (Å²) in [6.07, 6.45) is 3.57. The minimum absolute atomic E-state index is 0.233. The molecule has 0 saturated carbocycles. The van der Waals surface area contributed by atoms with E-state index in [0.29, 0.717) is 25.3 Å². The molecule has 1 heterocycles. The highest BCUT2D eigenvalue weighted by atomic mass is 16.4. The van der Waals surface area contributed by atoms with Crippen LogP contribution in [0.5, 0.6) is 0 Å². The topological polar surface area (TPSA) is 104 Å². The lowest BCUT2D eigenvalue weighted by molar-refractivity contribution is -0.141. The number of carboxylic acids is 1. The highest BCUT2D eigenvalue weighted by Gasteiger charge is 2.10. The number of amides is 2. The van der Waals surface area contributed by atoms with Gasteiger partial charge >= 0.3 is 12.0 Å². The van der Waals surface area contributed by atoms with Gasteiger partial charge in [-0.1, -0.05) is 13.8 Å². The molecule has 0 aliphatic rings. The van der Waals surface area contributed by atoms with Crippen LogP contribution in [0.3, 0.4) is 0 Å². The van der Waals surface area contributed by atoms with Crippen LogP contribution >= 0.6 is 0 Å². The molecule has 20 heavy (non-hydrogen) atoms. The fourth-order valence-electron chi connectivity index (χ4n) is 1.55. The molecular weight excluding hydrogens is 262 g/mol. The molecule has 0 bridgehead atoms. The summed E-state index contributed by atoms with van der Waals surface area (Å²) in [5.74, 6) is 0.0473. The molecule has 1 aromatic heterocycles. The molecule has 7 nitrogen and oxygen atoms in total. The highest BCUT2D eigenvalue weighted by molar-refractivity contribution is 5.73. The Balaban J connectivity index is 2.13. The zero-order chi connectivity index (χ0) is 15.0. The number of aromatic nitrogens is 1. The first-order valence-corrected chi connectivity index (χ1v) is 6.71. The zero-order valence-electron chi connectivity index (χ0n) is 11.8. The van der Waals surface area contributed by atoms with Crippen molar-refractivity contribution in [3.8, 4) is 0 Å². The predicted octanol–water partition coefficient (Wildman–Crippen LogP) is 1.54. The lowest BCUT2D eigenvalue weighted by atomic mass is 10.1. The summed E-state index contributed by atoms with van der Waals surface area (Å²) in [6, 6.07) is -0.316. The number of nitrogens with one attached hydrogen (secondary N) is 2. The van der Waals surface area contributed by atoms with E-state index in [1.165, 1.54) is 0 Å². The van der Waals surface area contributed by atoms with Gasteiger partial charge in [-0.05, 0) is 12.8 Å². The molecule has 2 amide bonds. The summed E-state index contributed by atoms with van der Waals surface area (Å²) >= 11 is 0. The molecule has 0 spiro atoms. The Morgan fingerprint density at radius 1 is 1.45 bits per heavy atom. The van der Waals surface area contributed by atoms with E-state index in [-0.39, 0.29) is 18.5 Å². The van der Waals surface area contributed by atoms with Crippen molar-refractivity contribution in [2.24, 2.45) is 5.92 Å². The van der Waals surface area contributed by atoms with Gasteiger partial charge in [0.1, 0.15) is 5.76 Å². The van der Waals surface area contributed by atoms with Crippen molar-refractivity contribution in [3.05, 3.63) is 17.8 Å². The maximum atomic E-state index is 11.5. The molecule has 112 valence electrons. The SMILES string of the molecule is CCc1cnc(CNC(=O)NCCCC(C)C(=O)O)o1. The van der Waals surface area contributed by atoms with Crippen LogP contribution in [0.2, 0.25) is 0 Å². The van der Waals surface area contributed by atoms with Crippen LogP contribution in [-0.4, -0.2) is 28.6 Å². The summed E-state index contributed by atoms with van der Waals surface area (Å²) in [6.45, 7) is 4.28. The lowest BCUT2D eigenvalue weighted by Crippen LogP contribution is -2.35. The Kier molecular flexibility index (Phi) is 6.55. The van der Waals surface area contributed by atoms with E-state index in [0.717, 1.165) is 12.2 Å². The van der Waals surface area contributed by atoms with Crippen molar-refractivity contribution < 1.29 is 19.1 Å². The summed E-state index contributed by atoms with van der Waals surface area (Å²) < 4.78 is 5.35. The summed E-state index contributed by atoms with van der Waals surface area (Å²) in [4.78, 5) is 26.1. The summed E-state index contributed by atoms with van der Waals surface area (Å²) in [5, 5.41) is 14.0. The second-order valence-electron chi connectivity index (χ2n) is 4.56. The maximum absolute atomic E-state index is 11.5. The first kappa shape index (κ1) is 16.0. The van der Waals surface area contributed by atoms with Gasteiger partial charge in [-0.25, -0.2) is 9.78 Å². The predicted molar refractivity (Wildman–Crippen MR) is 72.2 cm³/mol. The Bertz CT molecular complexity index is 445. The molecule has 0 aliphatic carbocycles. The normalized spacial score (nSPS) is 11.9. The van der Waals surface area contributed by atoms with Gasteiger partial charge in [-0.3, -0.25) is 4.79 Å². The average Bonchev–Trinajstić information content (AvgIpc) is 2.89. The van der Waals surface area contributed by atoms with Crippen LogP contribution in [0, 0.1) is 5.92 Å². The van der Waals surface area contributed by atoms with Crippen LogP contribution < -0.4 is 10.6 Å². The van der Waals surface area contributed by atoms with E-state index in [2.05, 4.69) is 15.6 Å². The molecule has 1 atom stereocenters. The fourth-order valence-corrected chi connectivity index (χ4v) is 1.55. The summed E-state index contributed by atoms with van der Waals surface area (Å²) in [7, 11) is 0. The van der Waals surface area contributed by atoms with Crippen molar-refractivity contribution in [3.63, 3.8) is 0 Å². The molecule has 3 N–H and O–H groups in total. The second kappa shape index (κ2) is 8.19.